The van der Waals surface area contributed by atoms with Gasteiger partial charge in [-0.05, 0) is 24.5 Å². The van der Waals surface area contributed by atoms with Crippen LogP contribution in [-0.2, 0) is 17.8 Å². The van der Waals surface area contributed by atoms with Crippen LogP contribution in [0.2, 0.25) is 0 Å². The van der Waals surface area contributed by atoms with Gasteiger partial charge in [-0.3, -0.25) is 4.90 Å². The summed E-state index contributed by atoms with van der Waals surface area (Å²) in [6, 6.07) is 8.64. The molecule has 1 aromatic carbocycles. The summed E-state index contributed by atoms with van der Waals surface area (Å²) in [4.78, 5) is 6.91. The van der Waals surface area contributed by atoms with Crippen LogP contribution in [-0.4, -0.2) is 43.2 Å². The lowest BCUT2D eigenvalue weighted by atomic mass is 10.1. The zero-order chi connectivity index (χ0) is 17.9. The number of rotatable bonds is 9. The first-order chi connectivity index (χ1) is 12.2. The number of hydrogen-bond donors (Lipinski definition) is 2. The standard InChI is InChI=1S/C20H34N4O/c1-3-4-5-6-10-22-20(21)23-14-18-8-7-9-19(13-18)16-24-11-12-25-17(2)15-24/h7-9,13,17H,3-6,10-12,14-16H2,1-2H3,(H3,21,22,23). The van der Waals surface area contributed by atoms with E-state index in [0.29, 0.717) is 18.6 Å². The Labute approximate surface area is 152 Å². The second kappa shape index (κ2) is 11.1. The zero-order valence-electron chi connectivity index (χ0n) is 15.8. The Morgan fingerprint density at radius 1 is 1.32 bits per heavy atom. The molecule has 1 heterocycles. The highest BCUT2D eigenvalue weighted by molar-refractivity contribution is 5.77. The van der Waals surface area contributed by atoms with Crippen LogP contribution in [0.5, 0.6) is 0 Å². The lowest BCUT2D eigenvalue weighted by Gasteiger charge is -2.31. The first-order valence-corrected chi connectivity index (χ1v) is 9.63. The van der Waals surface area contributed by atoms with Gasteiger partial charge in [0.25, 0.3) is 0 Å². The Kier molecular flexibility index (Phi) is 8.77. The predicted molar refractivity (Wildman–Crippen MR) is 105 cm³/mol. The molecule has 5 heteroatoms. The van der Waals surface area contributed by atoms with Crippen molar-refractivity contribution in [1.29, 1.82) is 0 Å². The molecular weight excluding hydrogens is 312 g/mol. The van der Waals surface area contributed by atoms with E-state index in [9.17, 15) is 0 Å². The van der Waals surface area contributed by atoms with Crippen molar-refractivity contribution < 1.29 is 4.74 Å². The minimum atomic E-state index is 0.324. The van der Waals surface area contributed by atoms with Gasteiger partial charge in [0.2, 0.25) is 0 Å². The maximum Gasteiger partial charge on any atom is 0.188 e. The molecule has 0 amide bonds. The molecule has 2 rings (SSSR count). The van der Waals surface area contributed by atoms with Crippen molar-refractivity contribution in [2.75, 3.05) is 26.2 Å². The molecule has 25 heavy (non-hydrogen) atoms. The summed E-state index contributed by atoms with van der Waals surface area (Å²) in [5.74, 6) is 0.545. The molecule has 3 N–H and O–H groups in total. The van der Waals surface area contributed by atoms with Crippen molar-refractivity contribution in [2.24, 2.45) is 10.7 Å². The van der Waals surface area contributed by atoms with Gasteiger partial charge >= 0.3 is 0 Å². The Bertz CT molecular complexity index is 532. The molecular formula is C20H34N4O. The normalized spacial score (nSPS) is 19.1. The molecule has 0 bridgehead atoms. The molecule has 0 spiro atoms. The summed E-state index contributed by atoms with van der Waals surface area (Å²) in [5, 5.41) is 3.20. The number of hydrogen-bond acceptors (Lipinski definition) is 3. The van der Waals surface area contributed by atoms with Crippen molar-refractivity contribution in [1.82, 2.24) is 10.2 Å². The van der Waals surface area contributed by atoms with E-state index >= 15 is 0 Å². The van der Waals surface area contributed by atoms with Crippen molar-refractivity contribution in [2.45, 2.75) is 58.7 Å². The molecule has 5 nitrogen and oxygen atoms in total. The van der Waals surface area contributed by atoms with Gasteiger partial charge in [-0.15, -0.1) is 0 Å². The summed E-state index contributed by atoms with van der Waals surface area (Å²) in [7, 11) is 0. The number of unbranched alkanes of at least 4 members (excludes halogenated alkanes) is 3. The maximum atomic E-state index is 5.96. The van der Waals surface area contributed by atoms with E-state index in [2.05, 4.69) is 53.3 Å². The number of nitrogens with one attached hydrogen (secondary N) is 1. The molecule has 1 aliphatic heterocycles. The quantitative estimate of drug-likeness (QED) is 0.410. The van der Waals surface area contributed by atoms with Crippen molar-refractivity contribution in [3.05, 3.63) is 35.4 Å². The zero-order valence-corrected chi connectivity index (χ0v) is 15.8. The lowest BCUT2D eigenvalue weighted by Crippen LogP contribution is -2.40. The topological polar surface area (TPSA) is 62.9 Å². The number of benzene rings is 1. The van der Waals surface area contributed by atoms with Gasteiger partial charge in [-0.1, -0.05) is 50.5 Å². The summed E-state index contributed by atoms with van der Waals surface area (Å²) in [5.41, 5.74) is 8.49. The van der Waals surface area contributed by atoms with Crippen LogP contribution >= 0.6 is 0 Å². The van der Waals surface area contributed by atoms with E-state index < -0.39 is 0 Å². The van der Waals surface area contributed by atoms with Gasteiger partial charge in [-0.2, -0.15) is 0 Å². The fourth-order valence-electron chi connectivity index (χ4n) is 3.12. The second-order valence-corrected chi connectivity index (χ2v) is 6.93. The van der Waals surface area contributed by atoms with E-state index in [1.165, 1.54) is 30.4 Å². The highest BCUT2D eigenvalue weighted by Gasteiger charge is 2.16. The molecule has 0 aliphatic carbocycles. The molecule has 1 fully saturated rings. The fourth-order valence-corrected chi connectivity index (χ4v) is 3.12. The van der Waals surface area contributed by atoms with Crippen molar-refractivity contribution >= 4 is 5.96 Å². The number of ether oxygens (including phenoxy) is 1. The molecule has 1 unspecified atom stereocenters. The van der Waals surface area contributed by atoms with Gasteiger partial charge < -0.3 is 15.8 Å². The van der Waals surface area contributed by atoms with E-state index in [-0.39, 0.29) is 0 Å². The van der Waals surface area contributed by atoms with Crippen LogP contribution in [0.1, 0.15) is 50.7 Å². The first kappa shape index (κ1) is 19.7. The number of nitrogens with zero attached hydrogens (tertiary/aromatic N) is 2. The summed E-state index contributed by atoms with van der Waals surface area (Å²) >= 11 is 0. The molecule has 0 aromatic heterocycles. The Balaban J connectivity index is 1.77. The number of aliphatic imine (C=N–C) groups is 1. The maximum absolute atomic E-state index is 5.96. The van der Waals surface area contributed by atoms with Gasteiger partial charge in [0.05, 0.1) is 19.3 Å². The van der Waals surface area contributed by atoms with E-state index in [1.54, 1.807) is 0 Å². The van der Waals surface area contributed by atoms with Crippen LogP contribution in [0.4, 0.5) is 0 Å². The van der Waals surface area contributed by atoms with Crippen LogP contribution < -0.4 is 11.1 Å². The minimum absolute atomic E-state index is 0.324. The average molecular weight is 347 g/mol. The average Bonchev–Trinajstić information content (AvgIpc) is 2.60. The number of nitrogens with two attached hydrogens (primary N) is 1. The molecule has 1 atom stereocenters. The lowest BCUT2D eigenvalue weighted by molar-refractivity contribution is -0.0212. The van der Waals surface area contributed by atoms with Crippen LogP contribution in [0.25, 0.3) is 0 Å². The third-order valence-corrected chi connectivity index (χ3v) is 4.49. The third kappa shape index (κ3) is 7.88. The van der Waals surface area contributed by atoms with Crippen LogP contribution in [0.15, 0.2) is 29.3 Å². The molecule has 1 aromatic rings. The molecule has 140 valence electrons. The minimum Gasteiger partial charge on any atom is -0.376 e. The number of guanidine groups is 1. The first-order valence-electron chi connectivity index (χ1n) is 9.63. The highest BCUT2D eigenvalue weighted by Crippen LogP contribution is 2.12. The Morgan fingerprint density at radius 2 is 2.16 bits per heavy atom. The van der Waals surface area contributed by atoms with Crippen LogP contribution in [0, 0.1) is 0 Å². The van der Waals surface area contributed by atoms with Crippen molar-refractivity contribution in [3.63, 3.8) is 0 Å². The highest BCUT2D eigenvalue weighted by atomic mass is 16.5. The van der Waals surface area contributed by atoms with Crippen LogP contribution in [0.3, 0.4) is 0 Å². The molecule has 0 radical (unpaired) electrons. The summed E-state index contributed by atoms with van der Waals surface area (Å²) in [6.45, 7) is 9.68. The van der Waals surface area contributed by atoms with E-state index in [0.717, 1.165) is 39.2 Å². The second-order valence-electron chi connectivity index (χ2n) is 6.93. The molecule has 1 saturated heterocycles. The van der Waals surface area contributed by atoms with Gasteiger partial charge in [-0.25, -0.2) is 4.99 Å². The van der Waals surface area contributed by atoms with E-state index in [4.69, 9.17) is 10.5 Å². The monoisotopic (exact) mass is 346 g/mol. The SMILES string of the molecule is CCCCCCNC(N)=NCc1cccc(CN2CCOC(C)C2)c1. The van der Waals surface area contributed by atoms with Gasteiger partial charge in [0, 0.05) is 26.2 Å². The smallest absolute Gasteiger partial charge is 0.188 e. The summed E-state index contributed by atoms with van der Waals surface area (Å²) < 4.78 is 5.61. The Hall–Kier alpha value is -1.59. The summed E-state index contributed by atoms with van der Waals surface area (Å²) in [6.07, 6.45) is 5.26. The number of morpholine rings is 1. The van der Waals surface area contributed by atoms with E-state index in [1.807, 2.05) is 0 Å². The van der Waals surface area contributed by atoms with Gasteiger partial charge in [0.1, 0.15) is 0 Å². The third-order valence-electron chi connectivity index (χ3n) is 4.49. The predicted octanol–water partition coefficient (Wildman–Crippen LogP) is 2.89. The fraction of sp³-hybridized carbons (Fsp3) is 0.650. The van der Waals surface area contributed by atoms with Gasteiger partial charge in [0.15, 0.2) is 5.96 Å². The Morgan fingerprint density at radius 3 is 2.96 bits per heavy atom. The molecule has 0 saturated carbocycles. The molecule has 1 aliphatic rings. The van der Waals surface area contributed by atoms with Crippen molar-refractivity contribution in [3.8, 4) is 0 Å². The largest absolute Gasteiger partial charge is 0.376 e.